The number of fused-ring (bicyclic) bond motifs is 2. The van der Waals surface area contributed by atoms with Gasteiger partial charge in [0, 0.05) is 30.3 Å². The maximum absolute atomic E-state index is 13.7. The first kappa shape index (κ1) is 31.1. The molecule has 1 atom stereocenters. The third kappa shape index (κ3) is 6.20. The molecule has 1 unspecified atom stereocenters. The molecule has 2 aromatic heterocycles. The van der Waals surface area contributed by atoms with Crippen LogP contribution in [0.25, 0.3) is 11.0 Å². The van der Waals surface area contributed by atoms with Gasteiger partial charge >= 0.3 is 5.91 Å². The number of hydrogen-bond donors (Lipinski definition) is 2. The first-order valence-electron chi connectivity index (χ1n) is 13.1. The number of carbonyl (C=O) groups is 2. The number of nitrogens with one attached hydrogen (secondary N) is 1. The van der Waals surface area contributed by atoms with E-state index in [4.69, 9.17) is 29.2 Å². The van der Waals surface area contributed by atoms with Gasteiger partial charge in [-0.05, 0) is 31.0 Å². The second-order valence-corrected chi connectivity index (χ2v) is 9.79. The van der Waals surface area contributed by atoms with Crippen molar-refractivity contribution in [2.75, 3.05) is 26.3 Å². The van der Waals surface area contributed by atoms with Crippen LogP contribution in [0.4, 0.5) is 5.69 Å². The van der Waals surface area contributed by atoms with Gasteiger partial charge in [0.1, 0.15) is 17.2 Å². The zero-order valence-corrected chi connectivity index (χ0v) is 24.8. The summed E-state index contributed by atoms with van der Waals surface area (Å²) in [6, 6.07) is 11.0. The van der Waals surface area contributed by atoms with Crippen LogP contribution in [-0.4, -0.2) is 43.9 Å². The van der Waals surface area contributed by atoms with Crippen molar-refractivity contribution in [3.8, 4) is 23.0 Å². The Kier molecular flexibility index (Phi) is 9.42. The van der Waals surface area contributed by atoms with Crippen LogP contribution in [0.5, 0.6) is 23.0 Å². The highest BCUT2D eigenvalue weighted by Crippen LogP contribution is 2.52. The number of aryl methyl sites for hydroxylation is 2. The molecule has 226 valence electrons. The summed E-state index contributed by atoms with van der Waals surface area (Å²) in [5, 5.41) is 3.82. The van der Waals surface area contributed by atoms with Crippen LogP contribution in [0.3, 0.4) is 0 Å². The van der Waals surface area contributed by atoms with Crippen molar-refractivity contribution in [1.29, 1.82) is 0 Å². The van der Waals surface area contributed by atoms with Gasteiger partial charge in [0.2, 0.25) is 36.5 Å². The summed E-state index contributed by atoms with van der Waals surface area (Å²) in [6.45, 7) is 3.55. The van der Waals surface area contributed by atoms with Crippen LogP contribution in [0, 0.1) is 13.8 Å². The summed E-state index contributed by atoms with van der Waals surface area (Å²) in [6.07, 6.45) is 3.20. The number of methoxy groups -OCH3 is 2. The van der Waals surface area contributed by atoms with Crippen LogP contribution in [-0.2, 0) is 22.6 Å². The molecule has 1 aliphatic rings. The molecule has 43 heavy (non-hydrogen) atoms. The highest BCUT2D eigenvalue weighted by Gasteiger charge is 2.34. The lowest BCUT2D eigenvalue weighted by atomic mass is 10.1. The molecule has 2 aromatic carbocycles. The van der Waals surface area contributed by atoms with Gasteiger partial charge in [-0.25, -0.2) is 5.84 Å². The number of hydrogen-bond acceptors (Lipinski definition) is 9. The Bertz CT molecular complexity index is 1730. The summed E-state index contributed by atoms with van der Waals surface area (Å²) in [5.74, 6) is 6.03. The smallest absolute Gasteiger partial charge is 0.303 e. The highest BCUT2D eigenvalue weighted by atomic mass is 35.5. The van der Waals surface area contributed by atoms with E-state index < -0.39 is 23.3 Å². The van der Waals surface area contributed by atoms with Crippen molar-refractivity contribution < 1.29 is 49.9 Å². The minimum absolute atomic E-state index is 0. The maximum atomic E-state index is 13.7. The lowest BCUT2D eigenvalue weighted by Gasteiger charge is -2.26. The zero-order valence-electron chi connectivity index (χ0n) is 24.0. The maximum Gasteiger partial charge on any atom is 0.303 e. The summed E-state index contributed by atoms with van der Waals surface area (Å²) in [4.78, 5) is 40.4. The van der Waals surface area contributed by atoms with Crippen molar-refractivity contribution in [3.63, 3.8) is 0 Å². The number of pyridine rings is 1. The number of anilines is 1. The van der Waals surface area contributed by atoms with Gasteiger partial charge in [-0.15, -0.1) is 0 Å². The normalized spacial score (nSPS) is 12.3. The fraction of sp³-hybridized carbons (Fsp3) is 0.267. The van der Waals surface area contributed by atoms with E-state index in [1.54, 1.807) is 29.1 Å². The average Bonchev–Trinajstić information content (AvgIpc) is 3.46. The highest BCUT2D eigenvalue weighted by molar-refractivity contribution is 5.98. The van der Waals surface area contributed by atoms with E-state index in [-0.39, 0.29) is 71.9 Å². The van der Waals surface area contributed by atoms with Gasteiger partial charge < -0.3 is 41.1 Å². The first-order valence-corrected chi connectivity index (χ1v) is 13.1. The van der Waals surface area contributed by atoms with Crippen LogP contribution in [0.15, 0.2) is 64.1 Å². The predicted octanol–water partition coefficient (Wildman–Crippen LogP) is -0.600. The summed E-state index contributed by atoms with van der Waals surface area (Å²) < 4.78 is 29.8. The Morgan fingerprint density at radius 1 is 1.05 bits per heavy atom. The molecule has 0 saturated heterocycles. The number of carbonyl (C=O) groups excluding carboxylic acids is 2. The fourth-order valence-electron chi connectivity index (χ4n) is 4.78. The van der Waals surface area contributed by atoms with Gasteiger partial charge in [0.05, 0.1) is 14.2 Å². The molecule has 0 radical (unpaired) electrons. The van der Waals surface area contributed by atoms with Crippen LogP contribution in [0.2, 0.25) is 0 Å². The Morgan fingerprint density at radius 2 is 1.72 bits per heavy atom. The topological polar surface area (TPSA) is 146 Å². The number of ether oxygens (including phenoxy) is 4. The van der Waals surface area contributed by atoms with E-state index in [2.05, 4.69) is 5.32 Å². The number of nitrogens with two attached hydrogens (primary N) is 1. The first-order chi connectivity index (χ1) is 20.2. The molecule has 0 aliphatic carbocycles. The molecule has 5 rings (SSSR count). The van der Waals surface area contributed by atoms with E-state index in [0.29, 0.717) is 5.69 Å². The van der Waals surface area contributed by atoms with E-state index in [9.17, 15) is 14.4 Å². The van der Waals surface area contributed by atoms with Gasteiger partial charge in [-0.2, -0.15) is 4.57 Å². The van der Waals surface area contributed by atoms with Gasteiger partial charge in [-0.1, -0.05) is 18.2 Å². The average molecular weight is 611 g/mol. The molecular weight excluding hydrogens is 580 g/mol. The summed E-state index contributed by atoms with van der Waals surface area (Å²) >= 11 is 0. The molecule has 0 saturated carbocycles. The number of aromatic nitrogens is 1. The Morgan fingerprint density at radius 3 is 2.40 bits per heavy atom. The monoisotopic (exact) mass is 610 g/mol. The summed E-state index contributed by atoms with van der Waals surface area (Å²) in [5.41, 5.74) is 1.91. The standard InChI is InChI=1S/C30H30N4O8.ClH/c1-17-8-9-18(2)20(12-17)32-30(37)21(34(31)23(36)15-33-10-6-5-7-11-33)13-19-14-22(35)24-25(38-3)28-29(41-16-40-28)27(39-4)26(24)42-19;/h5-12,14,21H,13,15-16,31H2,1-4H3;1H. The number of amides is 2. The van der Waals surface area contributed by atoms with Crippen molar-refractivity contribution in [2.24, 2.45) is 5.84 Å². The van der Waals surface area contributed by atoms with E-state index in [1.807, 2.05) is 38.1 Å². The molecule has 3 N–H and O–H groups in total. The third-order valence-electron chi connectivity index (χ3n) is 6.93. The van der Waals surface area contributed by atoms with Gasteiger partial charge in [0.25, 0.3) is 0 Å². The second kappa shape index (κ2) is 13.0. The van der Waals surface area contributed by atoms with Crippen LogP contribution in [0.1, 0.15) is 16.9 Å². The van der Waals surface area contributed by atoms with Crippen LogP contribution >= 0.6 is 0 Å². The predicted molar refractivity (Wildman–Crippen MR) is 151 cm³/mol. The minimum Gasteiger partial charge on any atom is -1.00 e. The number of benzene rings is 2. The van der Waals surface area contributed by atoms with E-state index in [1.165, 1.54) is 20.3 Å². The Labute approximate surface area is 253 Å². The molecule has 2 amide bonds. The molecule has 0 bridgehead atoms. The number of nitrogens with zero attached hydrogens (tertiary/aromatic N) is 2. The lowest BCUT2D eigenvalue weighted by Crippen LogP contribution is -3.00. The number of hydrazine groups is 1. The molecule has 1 aliphatic heterocycles. The SMILES string of the molecule is COc1c2c(c(OC)c3c(=O)cc(CC(C(=O)Nc4cc(C)ccc4C)N(N)C(=O)C[n+]4ccccc4)oc13)OCO2.[Cl-]. The summed E-state index contributed by atoms with van der Waals surface area (Å²) in [7, 11) is 2.80. The Hall–Kier alpha value is -4.81. The van der Waals surface area contributed by atoms with Crippen molar-refractivity contribution >= 4 is 28.5 Å². The second-order valence-electron chi connectivity index (χ2n) is 9.79. The van der Waals surface area contributed by atoms with Crippen molar-refractivity contribution in [3.05, 3.63) is 82.0 Å². The van der Waals surface area contributed by atoms with Gasteiger partial charge in [-0.3, -0.25) is 19.4 Å². The van der Waals surface area contributed by atoms with E-state index >= 15 is 0 Å². The molecule has 0 spiro atoms. The van der Waals surface area contributed by atoms with Crippen LogP contribution < -0.4 is 52.5 Å². The molecular formula is C30H31ClN4O8. The Balaban J connectivity index is 0.00000423. The quantitative estimate of drug-likeness (QED) is 0.110. The largest absolute Gasteiger partial charge is 1.00 e. The van der Waals surface area contributed by atoms with Crippen molar-refractivity contribution in [2.45, 2.75) is 32.9 Å². The molecule has 3 heterocycles. The van der Waals surface area contributed by atoms with Crippen molar-refractivity contribution in [1.82, 2.24) is 5.01 Å². The van der Waals surface area contributed by atoms with Gasteiger partial charge in [0.15, 0.2) is 29.2 Å². The lowest BCUT2D eigenvalue weighted by molar-refractivity contribution is -0.685. The third-order valence-corrected chi connectivity index (χ3v) is 6.93. The number of rotatable bonds is 9. The fourth-order valence-corrected chi connectivity index (χ4v) is 4.78. The number of halogens is 1. The zero-order chi connectivity index (χ0) is 30.0. The van der Waals surface area contributed by atoms with E-state index in [0.717, 1.165) is 16.1 Å². The molecule has 13 heteroatoms. The molecule has 4 aromatic rings. The minimum atomic E-state index is -1.25. The molecule has 12 nitrogen and oxygen atoms in total. The molecule has 0 fully saturated rings.